The van der Waals surface area contributed by atoms with Crippen molar-refractivity contribution in [3.8, 4) is 0 Å². The summed E-state index contributed by atoms with van der Waals surface area (Å²) < 4.78 is 7.01. The Labute approximate surface area is 122 Å². The van der Waals surface area contributed by atoms with E-state index in [1.54, 1.807) is 0 Å². The summed E-state index contributed by atoms with van der Waals surface area (Å²) in [5.41, 5.74) is 0.954. The molecule has 0 saturated heterocycles. The van der Waals surface area contributed by atoms with Crippen LogP contribution in [0.4, 0.5) is 0 Å². The number of fused-ring (bicyclic) bond motifs is 1. The standard InChI is InChI=1S/C16H18BrNO/c1-11(18-14-5-3-2-4-6-14)16-10-12-9-13(17)7-8-15(12)19-16/h2-3,7-11,14,18H,4-6H2,1H3. The highest BCUT2D eigenvalue weighted by Crippen LogP contribution is 2.27. The van der Waals surface area contributed by atoms with Gasteiger partial charge in [-0.2, -0.15) is 0 Å². The van der Waals surface area contributed by atoms with E-state index in [2.05, 4.69) is 52.5 Å². The predicted octanol–water partition coefficient (Wildman–Crippen LogP) is 4.95. The van der Waals surface area contributed by atoms with Gasteiger partial charge in [0.1, 0.15) is 11.3 Å². The minimum absolute atomic E-state index is 0.252. The molecule has 1 heterocycles. The van der Waals surface area contributed by atoms with Crippen LogP contribution >= 0.6 is 15.9 Å². The van der Waals surface area contributed by atoms with Crippen molar-refractivity contribution in [3.05, 3.63) is 46.7 Å². The molecule has 2 atom stereocenters. The number of nitrogens with one attached hydrogen (secondary N) is 1. The van der Waals surface area contributed by atoms with Gasteiger partial charge in [-0.25, -0.2) is 0 Å². The smallest absolute Gasteiger partial charge is 0.134 e. The van der Waals surface area contributed by atoms with E-state index < -0.39 is 0 Å². The zero-order valence-electron chi connectivity index (χ0n) is 11.0. The van der Waals surface area contributed by atoms with Gasteiger partial charge >= 0.3 is 0 Å². The molecule has 0 aliphatic heterocycles. The molecular weight excluding hydrogens is 302 g/mol. The number of rotatable bonds is 3. The Bertz CT molecular complexity index is 602. The van der Waals surface area contributed by atoms with Crippen LogP contribution in [-0.2, 0) is 0 Å². The normalized spacial score (nSPS) is 20.8. The Hall–Kier alpha value is -1.06. The second-order valence-corrected chi connectivity index (χ2v) is 6.12. The maximum Gasteiger partial charge on any atom is 0.134 e. The average molecular weight is 320 g/mol. The Balaban J connectivity index is 1.77. The van der Waals surface area contributed by atoms with Crippen molar-refractivity contribution in [1.29, 1.82) is 0 Å². The number of benzene rings is 1. The minimum Gasteiger partial charge on any atom is -0.459 e. The molecule has 19 heavy (non-hydrogen) atoms. The molecule has 0 amide bonds. The van der Waals surface area contributed by atoms with Crippen molar-refractivity contribution in [1.82, 2.24) is 5.32 Å². The van der Waals surface area contributed by atoms with Crippen LogP contribution in [0.2, 0.25) is 0 Å². The lowest BCUT2D eigenvalue weighted by Crippen LogP contribution is -2.31. The van der Waals surface area contributed by atoms with E-state index in [-0.39, 0.29) is 6.04 Å². The van der Waals surface area contributed by atoms with Gasteiger partial charge in [0.15, 0.2) is 0 Å². The van der Waals surface area contributed by atoms with Crippen LogP contribution in [0, 0.1) is 0 Å². The quantitative estimate of drug-likeness (QED) is 0.809. The maximum atomic E-state index is 5.93. The van der Waals surface area contributed by atoms with Crippen molar-refractivity contribution in [2.24, 2.45) is 0 Å². The van der Waals surface area contributed by atoms with Gasteiger partial charge < -0.3 is 9.73 Å². The number of allylic oxidation sites excluding steroid dienone is 1. The number of halogens is 1. The Morgan fingerprint density at radius 1 is 1.32 bits per heavy atom. The first-order valence-electron chi connectivity index (χ1n) is 6.82. The predicted molar refractivity (Wildman–Crippen MR) is 82.2 cm³/mol. The highest BCUT2D eigenvalue weighted by Gasteiger charge is 2.16. The molecule has 2 unspecified atom stereocenters. The third kappa shape index (κ3) is 2.93. The van der Waals surface area contributed by atoms with Gasteiger partial charge in [0, 0.05) is 15.9 Å². The summed E-state index contributed by atoms with van der Waals surface area (Å²) in [5.74, 6) is 1.02. The van der Waals surface area contributed by atoms with Crippen LogP contribution in [0.5, 0.6) is 0 Å². The third-order valence-electron chi connectivity index (χ3n) is 3.68. The van der Waals surface area contributed by atoms with Gasteiger partial charge in [0.05, 0.1) is 6.04 Å². The monoisotopic (exact) mass is 319 g/mol. The molecule has 1 aliphatic carbocycles. The van der Waals surface area contributed by atoms with Crippen LogP contribution < -0.4 is 5.32 Å². The van der Waals surface area contributed by atoms with E-state index in [0.29, 0.717) is 6.04 Å². The Morgan fingerprint density at radius 2 is 2.21 bits per heavy atom. The van der Waals surface area contributed by atoms with Crippen molar-refractivity contribution < 1.29 is 4.42 Å². The fourth-order valence-electron chi connectivity index (χ4n) is 2.63. The molecule has 0 saturated carbocycles. The number of furan rings is 1. The summed E-state index contributed by atoms with van der Waals surface area (Å²) >= 11 is 3.49. The highest BCUT2D eigenvalue weighted by molar-refractivity contribution is 9.10. The first kappa shape index (κ1) is 12.9. The number of hydrogen-bond acceptors (Lipinski definition) is 2. The lowest BCUT2D eigenvalue weighted by molar-refractivity contribution is 0.382. The van der Waals surface area contributed by atoms with Crippen LogP contribution in [0.15, 0.2) is 45.3 Å². The first-order chi connectivity index (χ1) is 9.22. The summed E-state index contributed by atoms with van der Waals surface area (Å²) in [6, 6.07) is 9.08. The van der Waals surface area contributed by atoms with Gasteiger partial charge in [0.25, 0.3) is 0 Å². The summed E-state index contributed by atoms with van der Waals surface area (Å²) in [6.07, 6.45) is 8.05. The largest absolute Gasteiger partial charge is 0.459 e. The lowest BCUT2D eigenvalue weighted by atomic mass is 10.0. The molecule has 1 N–H and O–H groups in total. The van der Waals surface area contributed by atoms with E-state index in [9.17, 15) is 0 Å². The molecule has 2 aromatic rings. The molecule has 3 heteroatoms. The SMILES string of the molecule is CC(NC1CC=CCC1)c1cc2cc(Br)ccc2o1. The molecule has 0 spiro atoms. The van der Waals surface area contributed by atoms with Crippen molar-refractivity contribution >= 4 is 26.9 Å². The van der Waals surface area contributed by atoms with E-state index in [0.717, 1.165) is 27.6 Å². The molecule has 2 nitrogen and oxygen atoms in total. The fourth-order valence-corrected chi connectivity index (χ4v) is 3.01. The zero-order valence-corrected chi connectivity index (χ0v) is 12.6. The van der Waals surface area contributed by atoms with E-state index in [1.165, 1.54) is 12.8 Å². The molecule has 100 valence electrons. The van der Waals surface area contributed by atoms with Gasteiger partial charge in [0.2, 0.25) is 0 Å². The topological polar surface area (TPSA) is 25.2 Å². The molecular formula is C16H18BrNO. The Morgan fingerprint density at radius 3 is 3.00 bits per heavy atom. The van der Waals surface area contributed by atoms with E-state index in [4.69, 9.17) is 4.42 Å². The van der Waals surface area contributed by atoms with Crippen molar-refractivity contribution in [2.75, 3.05) is 0 Å². The van der Waals surface area contributed by atoms with Crippen LogP contribution in [0.25, 0.3) is 11.0 Å². The maximum absolute atomic E-state index is 5.93. The van der Waals surface area contributed by atoms with Crippen molar-refractivity contribution in [2.45, 2.75) is 38.3 Å². The Kier molecular flexibility index (Phi) is 3.76. The molecule has 1 aromatic heterocycles. The van der Waals surface area contributed by atoms with Gasteiger partial charge in [-0.05, 0) is 50.5 Å². The lowest BCUT2D eigenvalue weighted by Gasteiger charge is -2.22. The van der Waals surface area contributed by atoms with Gasteiger partial charge in [-0.15, -0.1) is 0 Å². The summed E-state index contributed by atoms with van der Waals surface area (Å²) in [5, 5.41) is 4.81. The highest BCUT2D eigenvalue weighted by atomic mass is 79.9. The second kappa shape index (κ2) is 5.51. The van der Waals surface area contributed by atoms with E-state index >= 15 is 0 Å². The van der Waals surface area contributed by atoms with Crippen molar-refractivity contribution in [3.63, 3.8) is 0 Å². The fraction of sp³-hybridized carbons (Fsp3) is 0.375. The zero-order chi connectivity index (χ0) is 13.2. The third-order valence-corrected chi connectivity index (χ3v) is 4.17. The number of hydrogen-bond donors (Lipinski definition) is 1. The summed E-state index contributed by atoms with van der Waals surface area (Å²) in [4.78, 5) is 0. The summed E-state index contributed by atoms with van der Waals surface area (Å²) in [6.45, 7) is 2.17. The van der Waals surface area contributed by atoms with Crippen LogP contribution in [0.1, 0.15) is 38.0 Å². The molecule has 1 aliphatic rings. The van der Waals surface area contributed by atoms with Crippen LogP contribution in [-0.4, -0.2) is 6.04 Å². The average Bonchev–Trinajstić information content (AvgIpc) is 2.83. The second-order valence-electron chi connectivity index (χ2n) is 5.20. The van der Waals surface area contributed by atoms with Gasteiger partial charge in [-0.1, -0.05) is 28.1 Å². The molecule has 0 bridgehead atoms. The molecule has 1 aromatic carbocycles. The summed E-state index contributed by atoms with van der Waals surface area (Å²) in [7, 11) is 0. The molecule has 0 radical (unpaired) electrons. The van der Waals surface area contributed by atoms with Crippen LogP contribution in [0.3, 0.4) is 0 Å². The molecule has 0 fully saturated rings. The van der Waals surface area contributed by atoms with Gasteiger partial charge in [-0.3, -0.25) is 0 Å². The van der Waals surface area contributed by atoms with E-state index in [1.807, 2.05) is 12.1 Å². The first-order valence-corrected chi connectivity index (χ1v) is 7.62. The minimum atomic E-state index is 0.252. The molecule has 3 rings (SSSR count).